The Bertz CT molecular complexity index is 664. The summed E-state index contributed by atoms with van der Waals surface area (Å²) in [5, 5.41) is 2.88. The lowest BCUT2D eigenvalue weighted by Gasteiger charge is -2.32. The number of hydrogen-bond donors (Lipinski definition) is 1. The van der Waals surface area contributed by atoms with Crippen molar-refractivity contribution in [2.45, 2.75) is 33.6 Å². The van der Waals surface area contributed by atoms with E-state index in [1.165, 1.54) is 4.90 Å². The zero-order valence-electron chi connectivity index (χ0n) is 15.5. The van der Waals surface area contributed by atoms with E-state index in [0.717, 1.165) is 16.8 Å². The minimum absolute atomic E-state index is 0.0269. The van der Waals surface area contributed by atoms with Gasteiger partial charge in [0.2, 0.25) is 17.7 Å². The molecule has 2 rings (SSSR count). The maximum atomic E-state index is 12.5. The van der Waals surface area contributed by atoms with Gasteiger partial charge >= 0.3 is 0 Å². The third-order valence-corrected chi connectivity index (χ3v) is 4.93. The zero-order valence-corrected chi connectivity index (χ0v) is 15.5. The van der Waals surface area contributed by atoms with Gasteiger partial charge in [-0.15, -0.1) is 0 Å². The number of hydrogen-bond acceptors (Lipinski definition) is 3. The van der Waals surface area contributed by atoms with E-state index in [0.29, 0.717) is 25.9 Å². The van der Waals surface area contributed by atoms with Crippen molar-refractivity contribution in [3.8, 4) is 0 Å². The van der Waals surface area contributed by atoms with Crippen LogP contribution in [0.1, 0.15) is 30.9 Å². The van der Waals surface area contributed by atoms with Crippen LogP contribution in [-0.4, -0.2) is 54.2 Å². The summed E-state index contributed by atoms with van der Waals surface area (Å²) in [6, 6.07) is 5.75. The van der Waals surface area contributed by atoms with Crippen LogP contribution in [0.5, 0.6) is 0 Å². The van der Waals surface area contributed by atoms with Crippen molar-refractivity contribution in [2.24, 2.45) is 5.92 Å². The van der Waals surface area contributed by atoms with Crippen LogP contribution in [0.4, 0.5) is 5.69 Å². The molecular weight excluding hydrogens is 318 g/mol. The van der Waals surface area contributed by atoms with Gasteiger partial charge in [0.05, 0.1) is 6.54 Å². The van der Waals surface area contributed by atoms with Crippen LogP contribution in [0, 0.1) is 19.8 Å². The molecule has 6 nitrogen and oxygen atoms in total. The summed E-state index contributed by atoms with van der Waals surface area (Å²) in [5.74, 6) is -0.300. The summed E-state index contributed by atoms with van der Waals surface area (Å²) in [7, 11) is 1.66. The Hall–Kier alpha value is -2.37. The average molecular weight is 345 g/mol. The number of aryl methyl sites for hydroxylation is 1. The molecule has 0 atom stereocenters. The van der Waals surface area contributed by atoms with Gasteiger partial charge in [-0.25, -0.2) is 0 Å². The third-order valence-electron chi connectivity index (χ3n) is 4.93. The molecule has 0 saturated carbocycles. The van der Waals surface area contributed by atoms with Crippen molar-refractivity contribution in [3.05, 3.63) is 29.3 Å². The minimum atomic E-state index is -0.203. The van der Waals surface area contributed by atoms with Gasteiger partial charge in [-0.2, -0.15) is 0 Å². The molecule has 1 heterocycles. The number of rotatable bonds is 4. The molecule has 1 aromatic rings. The summed E-state index contributed by atoms with van der Waals surface area (Å²) in [6.45, 7) is 6.74. The summed E-state index contributed by atoms with van der Waals surface area (Å²) in [4.78, 5) is 39.4. The van der Waals surface area contributed by atoms with E-state index in [9.17, 15) is 14.4 Å². The van der Waals surface area contributed by atoms with E-state index in [1.807, 2.05) is 32.0 Å². The third kappa shape index (κ3) is 4.81. The van der Waals surface area contributed by atoms with Crippen LogP contribution in [-0.2, 0) is 14.4 Å². The molecule has 136 valence electrons. The minimum Gasteiger partial charge on any atom is -0.343 e. The number of benzene rings is 1. The topological polar surface area (TPSA) is 69.7 Å². The first kappa shape index (κ1) is 19.0. The summed E-state index contributed by atoms with van der Waals surface area (Å²) in [6.07, 6.45) is 1.31. The lowest BCUT2D eigenvalue weighted by atomic mass is 9.95. The van der Waals surface area contributed by atoms with Crippen LogP contribution in [0.2, 0.25) is 0 Å². The Balaban J connectivity index is 1.87. The van der Waals surface area contributed by atoms with E-state index in [-0.39, 0.29) is 30.2 Å². The SMILES string of the molecule is CC(=O)N1CCC(C(=O)N(C)CC(=O)Nc2cccc(C)c2C)CC1. The second-order valence-electron chi connectivity index (χ2n) is 6.77. The number of amides is 3. The highest BCUT2D eigenvalue weighted by Crippen LogP contribution is 2.20. The van der Waals surface area contributed by atoms with Crippen molar-refractivity contribution in [2.75, 3.05) is 32.0 Å². The highest BCUT2D eigenvalue weighted by molar-refractivity contribution is 5.95. The fraction of sp³-hybridized carbons (Fsp3) is 0.526. The van der Waals surface area contributed by atoms with Crippen LogP contribution in [0.3, 0.4) is 0 Å². The number of nitrogens with one attached hydrogen (secondary N) is 1. The quantitative estimate of drug-likeness (QED) is 0.907. The summed E-state index contributed by atoms with van der Waals surface area (Å²) in [5.41, 5.74) is 2.92. The summed E-state index contributed by atoms with van der Waals surface area (Å²) >= 11 is 0. The molecule has 1 aliphatic heterocycles. The Kier molecular flexibility index (Phi) is 6.17. The first-order valence-corrected chi connectivity index (χ1v) is 8.66. The van der Waals surface area contributed by atoms with Crippen molar-refractivity contribution in [3.63, 3.8) is 0 Å². The number of likely N-dealkylation sites (tertiary alicyclic amines) is 1. The van der Waals surface area contributed by atoms with Crippen molar-refractivity contribution >= 4 is 23.4 Å². The normalized spacial score (nSPS) is 15.0. The first-order valence-electron chi connectivity index (χ1n) is 8.66. The van der Waals surface area contributed by atoms with Gasteiger partial charge in [0.25, 0.3) is 0 Å². The fourth-order valence-corrected chi connectivity index (χ4v) is 3.12. The molecular formula is C19H27N3O3. The van der Waals surface area contributed by atoms with E-state index >= 15 is 0 Å². The van der Waals surface area contributed by atoms with Gasteiger partial charge in [0.15, 0.2) is 0 Å². The molecule has 0 aromatic heterocycles. The molecule has 1 aromatic carbocycles. The fourth-order valence-electron chi connectivity index (χ4n) is 3.12. The smallest absolute Gasteiger partial charge is 0.243 e. The van der Waals surface area contributed by atoms with E-state index in [4.69, 9.17) is 0 Å². The highest BCUT2D eigenvalue weighted by atomic mass is 16.2. The van der Waals surface area contributed by atoms with E-state index in [1.54, 1.807) is 18.9 Å². The molecule has 1 N–H and O–H groups in total. The van der Waals surface area contributed by atoms with Crippen LogP contribution in [0.25, 0.3) is 0 Å². The Morgan fingerprint density at radius 1 is 1.20 bits per heavy atom. The molecule has 0 spiro atoms. The number of piperidine rings is 1. The van der Waals surface area contributed by atoms with Crippen molar-refractivity contribution < 1.29 is 14.4 Å². The van der Waals surface area contributed by atoms with Gasteiger partial charge in [-0.1, -0.05) is 12.1 Å². The second kappa shape index (κ2) is 8.14. The number of anilines is 1. The van der Waals surface area contributed by atoms with Crippen LogP contribution in [0.15, 0.2) is 18.2 Å². The van der Waals surface area contributed by atoms with Crippen LogP contribution < -0.4 is 5.32 Å². The summed E-state index contributed by atoms with van der Waals surface area (Å²) < 4.78 is 0. The Morgan fingerprint density at radius 2 is 1.84 bits per heavy atom. The molecule has 3 amide bonds. The molecule has 1 fully saturated rings. The van der Waals surface area contributed by atoms with Crippen LogP contribution >= 0.6 is 0 Å². The standard InChI is InChI=1S/C19H27N3O3/c1-13-6-5-7-17(14(13)2)20-18(24)12-21(4)19(25)16-8-10-22(11-9-16)15(3)23/h5-7,16H,8-12H2,1-4H3,(H,20,24). The van der Waals surface area contributed by atoms with Gasteiger partial charge in [0, 0.05) is 38.7 Å². The Labute approximate surface area is 149 Å². The zero-order chi connectivity index (χ0) is 18.6. The molecule has 25 heavy (non-hydrogen) atoms. The molecule has 0 bridgehead atoms. The lowest BCUT2D eigenvalue weighted by molar-refractivity contribution is -0.140. The maximum absolute atomic E-state index is 12.5. The molecule has 0 unspecified atom stereocenters. The maximum Gasteiger partial charge on any atom is 0.243 e. The van der Waals surface area contributed by atoms with E-state index in [2.05, 4.69) is 5.32 Å². The lowest BCUT2D eigenvalue weighted by Crippen LogP contribution is -2.44. The van der Waals surface area contributed by atoms with Gasteiger partial charge in [-0.3, -0.25) is 14.4 Å². The van der Waals surface area contributed by atoms with Crippen molar-refractivity contribution in [1.82, 2.24) is 9.80 Å². The van der Waals surface area contributed by atoms with E-state index < -0.39 is 0 Å². The Morgan fingerprint density at radius 3 is 2.44 bits per heavy atom. The second-order valence-corrected chi connectivity index (χ2v) is 6.77. The van der Waals surface area contributed by atoms with Gasteiger partial charge in [0.1, 0.15) is 0 Å². The predicted molar refractivity (Wildman–Crippen MR) is 97.2 cm³/mol. The molecule has 6 heteroatoms. The van der Waals surface area contributed by atoms with Crippen molar-refractivity contribution in [1.29, 1.82) is 0 Å². The monoisotopic (exact) mass is 345 g/mol. The molecule has 1 saturated heterocycles. The number of carbonyl (C=O) groups excluding carboxylic acids is 3. The number of nitrogens with zero attached hydrogens (tertiary/aromatic N) is 2. The number of carbonyl (C=O) groups is 3. The largest absolute Gasteiger partial charge is 0.343 e. The van der Waals surface area contributed by atoms with Gasteiger partial charge < -0.3 is 15.1 Å². The first-order chi connectivity index (χ1) is 11.8. The number of likely N-dealkylation sites (N-methyl/N-ethyl adjacent to an activating group) is 1. The highest BCUT2D eigenvalue weighted by Gasteiger charge is 2.28. The van der Waals surface area contributed by atoms with Gasteiger partial charge in [-0.05, 0) is 43.9 Å². The molecule has 0 aliphatic carbocycles. The molecule has 1 aliphatic rings. The predicted octanol–water partition coefficient (Wildman–Crippen LogP) is 1.96. The average Bonchev–Trinajstić information content (AvgIpc) is 2.58. The molecule has 0 radical (unpaired) electrons.